The highest BCUT2D eigenvalue weighted by molar-refractivity contribution is 5.85. The van der Waals surface area contributed by atoms with E-state index in [1.807, 2.05) is 6.07 Å². The number of hydrogen-bond acceptors (Lipinski definition) is 4. The van der Waals surface area contributed by atoms with Gasteiger partial charge in [-0.25, -0.2) is 0 Å². The number of ether oxygens (including phenoxy) is 1. The van der Waals surface area contributed by atoms with Crippen molar-refractivity contribution < 1.29 is 9.53 Å². The molecule has 2 unspecified atom stereocenters. The molecular formula is C21H34ClN3O2. The fraction of sp³-hybridized carbons (Fsp3) is 0.667. The van der Waals surface area contributed by atoms with Gasteiger partial charge in [0, 0.05) is 25.2 Å². The van der Waals surface area contributed by atoms with Crippen molar-refractivity contribution in [3.05, 3.63) is 29.8 Å². The molecule has 2 aliphatic heterocycles. The minimum atomic E-state index is 0. The lowest BCUT2D eigenvalue weighted by molar-refractivity contribution is -0.123. The van der Waals surface area contributed by atoms with E-state index in [0.29, 0.717) is 5.92 Å². The number of carbonyl (C=O) groups excluding carboxylic acids is 1. The SMILES string of the molecule is CC(C)Oc1ccccc1CN1CCCC(CNC(=O)C2CCCN2)C1.Cl. The monoisotopic (exact) mass is 395 g/mol. The molecular weight excluding hydrogens is 362 g/mol. The van der Waals surface area contributed by atoms with E-state index in [2.05, 4.69) is 47.6 Å². The molecule has 2 N–H and O–H groups in total. The third-order valence-electron chi connectivity index (χ3n) is 5.27. The van der Waals surface area contributed by atoms with E-state index >= 15 is 0 Å². The number of benzene rings is 1. The number of hydrogen-bond donors (Lipinski definition) is 2. The lowest BCUT2D eigenvalue weighted by atomic mass is 9.97. The van der Waals surface area contributed by atoms with Crippen LogP contribution in [-0.2, 0) is 11.3 Å². The Kier molecular flexibility index (Phi) is 8.87. The van der Waals surface area contributed by atoms with Crippen LogP contribution in [0.1, 0.15) is 45.1 Å². The molecule has 1 amide bonds. The lowest BCUT2D eigenvalue weighted by Gasteiger charge is -2.33. The summed E-state index contributed by atoms with van der Waals surface area (Å²) in [4.78, 5) is 14.7. The molecule has 2 fully saturated rings. The second-order valence-electron chi connectivity index (χ2n) is 7.91. The Balaban J connectivity index is 0.00000261. The van der Waals surface area contributed by atoms with Gasteiger partial charge in [-0.1, -0.05) is 18.2 Å². The molecule has 0 aliphatic carbocycles. The molecule has 3 rings (SSSR count). The van der Waals surface area contributed by atoms with E-state index in [1.54, 1.807) is 0 Å². The summed E-state index contributed by atoms with van der Waals surface area (Å²) in [5.41, 5.74) is 1.25. The molecule has 1 aromatic carbocycles. The quantitative estimate of drug-likeness (QED) is 0.745. The zero-order valence-corrected chi connectivity index (χ0v) is 17.4. The summed E-state index contributed by atoms with van der Waals surface area (Å²) in [6.07, 6.45) is 4.64. The summed E-state index contributed by atoms with van der Waals surface area (Å²) in [7, 11) is 0. The number of amides is 1. The van der Waals surface area contributed by atoms with Crippen LogP contribution < -0.4 is 15.4 Å². The van der Waals surface area contributed by atoms with Crippen molar-refractivity contribution in [2.24, 2.45) is 5.92 Å². The Bertz CT molecular complexity index is 591. The average molecular weight is 396 g/mol. The zero-order valence-electron chi connectivity index (χ0n) is 16.6. The van der Waals surface area contributed by atoms with Crippen LogP contribution in [0, 0.1) is 5.92 Å². The molecule has 2 heterocycles. The van der Waals surface area contributed by atoms with Crippen LogP contribution in [0.25, 0.3) is 0 Å². The molecule has 0 spiro atoms. The van der Waals surface area contributed by atoms with Gasteiger partial charge in [0.15, 0.2) is 0 Å². The maximum atomic E-state index is 12.2. The zero-order chi connectivity index (χ0) is 18.4. The van der Waals surface area contributed by atoms with E-state index < -0.39 is 0 Å². The summed E-state index contributed by atoms with van der Waals surface area (Å²) < 4.78 is 5.96. The van der Waals surface area contributed by atoms with Gasteiger partial charge in [0.1, 0.15) is 5.75 Å². The average Bonchev–Trinajstić information content (AvgIpc) is 3.16. The highest BCUT2D eigenvalue weighted by atomic mass is 35.5. The van der Waals surface area contributed by atoms with Crippen molar-refractivity contribution in [3.8, 4) is 5.75 Å². The number of para-hydroxylation sites is 1. The van der Waals surface area contributed by atoms with Crippen molar-refractivity contribution in [2.45, 2.75) is 58.2 Å². The van der Waals surface area contributed by atoms with Crippen molar-refractivity contribution in [3.63, 3.8) is 0 Å². The summed E-state index contributed by atoms with van der Waals surface area (Å²) in [6, 6.07) is 8.36. The van der Waals surface area contributed by atoms with E-state index in [1.165, 1.54) is 18.4 Å². The number of nitrogens with one attached hydrogen (secondary N) is 2. The number of carbonyl (C=O) groups is 1. The first-order chi connectivity index (χ1) is 12.6. The van der Waals surface area contributed by atoms with Crippen molar-refractivity contribution in [2.75, 3.05) is 26.2 Å². The van der Waals surface area contributed by atoms with Crippen LogP contribution in [-0.4, -0.2) is 49.1 Å². The second kappa shape index (κ2) is 10.9. The van der Waals surface area contributed by atoms with Crippen molar-refractivity contribution >= 4 is 18.3 Å². The third kappa shape index (κ3) is 6.66. The molecule has 152 valence electrons. The smallest absolute Gasteiger partial charge is 0.237 e. The molecule has 0 radical (unpaired) electrons. The summed E-state index contributed by atoms with van der Waals surface area (Å²) in [5.74, 6) is 1.70. The molecule has 0 bridgehead atoms. The Morgan fingerprint density at radius 2 is 2.11 bits per heavy atom. The van der Waals surface area contributed by atoms with Gasteiger partial charge in [0.2, 0.25) is 5.91 Å². The van der Waals surface area contributed by atoms with Gasteiger partial charge in [0.05, 0.1) is 12.1 Å². The predicted octanol–water partition coefficient (Wildman–Crippen LogP) is 2.98. The minimum Gasteiger partial charge on any atom is -0.491 e. The number of rotatable bonds is 7. The van der Waals surface area contributed by atoms with Crippen LogP contribution in [0.4, 0.5) is 0 Å². The maximum Gasteiger partial charge on any atom is 0.237 e. The van der Waals surface area contributed by atoms with Gasteiger partial charge in [-0.05, 0) is 64.6 Å². The van der Waals surface area contributed by atoms with E-state index in [4.69, 9.17) is 4.74 Å². The van der Waals surface area contributed by atoms with Gasteiger partial charge >= 0.3 is 0 Å². The first kappa shape index (κ1) is 22.0. The standard InChI is InChI=1S/C21H33N3O2.ClH/c1-16(2)26-20-10-4-3-8-18(20)15-24-12-6-7-17(14-24)13-23-21(25)19-9-5-11-22-19;/h3-4,8,10,16-17,19,22H,5-7,9,11-15H2,1-2H3,(H,23,25);1H. The van der Waals surface area contributed by atoms with E-state index in [9.17, 15) is 4.79 Å². The highest BCUT2D eigenvalue weighted by Gasteiger charge is 2.25. The summed E-state index contributed by atoms with van der Waals surface area (Å²) in [5, 5.41) is 6.43. The summed E-state index contributed by atoms with van der Waals surface area (Å²) in [6.45, 7) is 8.95. The number of nitrogens with zero attached hydrogens (tertiary/aromatic N) is 1. The maximum absolute atomic E-state index is 12.2. The topological polar surface area (TPSA) is 53.6 Å². The van der Waals surface area contributed by atoms with Gasteiger partial charge in [-0.3, -0.25) is 9.69 Å². The predicted molar refractivity (Wildman–Crippen MR) is 111 cm³/mol. The Morgan fingerprint density at radius 3 is 2.85 bits per heavy atom. The van der Waals surface area contributed by atoms with Gasteiger partial charge in [-0.2, -0.15) is 0 Å². The molecule has 0 aromatic heterocycles. The molecule has 2 aliphatic rings. The minimum absolute atomic E-state index is 0. The van der Waals surface area contributed by atoms with Gasteiger partial charge in [-0.15, -0.1) is 12.4 Å². The van der Waals surface area contributed by atoms with Crippen LogP contribution in [0.2, 0.25) is 0 Å². The van der Waals surface area contributed by atoms with Crippen LogP contribution in [0.15, 0.2) is 24.3 Å². The molecule has 2 atom stereocenters. The highest BCUT2D eigenvalue weighted by Crippen LogP contribution is 2.24. The van der Waals surface area contributed by atoms with Crippen LogP contribution >= 0.6 is 12.4 Å². The second-order valence-corrected chi connectivity index (χ2v) is 7.91. The van der Waals surface area contributed by atoms with Gasteiger partial charge in [0.25, 0.3) is 0 Å². The number of halogens is 1. The molecule has 2 saturated heterocycles. The first-order valence-corrected chi connectivity index (χ1v) is 10.1. The van der Waals surface area contributed by atoms with Crippen LogP contribution in [0.5, 0.6) is 5.75 Å². The molecule has 5 nitrogen and oxygen atoms in total. The molecule has 27 heavy (non-hydrogen) atoms. The van der Waals surface area contributed by atoms with E-state index in [-0.39, 0.29) is 30.5 Å². The third-order valence-corrected chi connectivity index (χ3v) is 5.27. The van der Waals surface area contributed by atoms with Gasteiger partial charge < -0.3 is 15.4 Å². The molecule has 6 heteroatoms. The molecule has 0 saturated carbocycles. The van der Waals surface area contributed by atoms with Crippen molar-refractivity contribution in [1.82, 2.24) is 15.5 Å². The Morgan fingerprint density at radius 1 is 1.30 bits per heavy atom. The van der Waals surface area contributed by atoms with Crippen molar-refractivity contribution in [1.29, 1.82) is 0 Å². The summed E-state index contributed by atoms with van der Waals surface area (Å²) >= 11 is 0. The normalized spacial score (nSPS) is 23.1. The number of piperidine rings is 1. The van der Waals surface area contributed by atoms with Crippen LogP contribution in [0.3, 0.4) is 0 Å². The Labute approximate surface area is 169 Å². The Hall–Kier alpha value is -1.30. The largest absolute Gasteiger partial charge is 0.491 e. The lowest BCUT2D eigenvalue weighted by Crippen LogP contribution is -2.45. The number of likely N-dealkylation sites (tertiary alicyclic amines) is 1. The fourth-order valence-electron chi connectivity index (χ4n) is 3.98. The first-order valence-electron chi connectivity index (χ1n) is 10.1. The van der Waals surface area contributed by atoms with E-state index in [0.717, 1.165) is 51.3 Å². The fourth-order valence-corrected chi connectivity index (χ4v) is 3.98. The molecule has 1 aromatic rings.